The molecule has 1 aliphatic heterocycles. The summed E-state index contributed by atoms with van der Waals surface area (Å²) in [5.74, 6) is 1.07. The fourth-order valence-electron chi connectivity index (χ4n) is 1.91. The van der Waals surface area contributed by atoms with Crippen LogP contribution in [0.5, 0.6) is 0 Å². The van der Waals surface area contributed by atoms with Gasteiger partial charge in [0, 0.05) is 23.7 Å². The van der Waals surface area contributed by atoms with Gasteiger partial charge in [0.25, 0.3) is 0 Å². The summed E-state index contributed by atoms with van der Waals surface area (Å²) in [4.78, 5) is 0. The van der Waals surface area contributed by atoms with Crippen molar-refractivity contribution >= 4 is 23.4 Å². The summed E-state index contributed by atoms with van der Waals surface area (Å²) in [6, 6.07) is 9.92. The van der Waals surface area contributed by atoms with Crippen molar-refractivity contribution in [2.24, 2.45) is 0 Å². The summed E-state index contributed by atoms with van der Waals surface area (Å²) in [6.07, 6.45) is 4.11. The van der Waals surface area contributed by atoms with Crippen molar-refractivity contribution in [2.75, 3.05) is 12.4 Å². The number of nitrogens with zero attached hydrogens (tertiary/aromatic N) is 1. The second-order valence-corrected chi connectivity index (χ2v) is 5.45. The first-order chi connectivity index (χ1) is 8.34. The molecule has 1 aromatic carbocycles. The van der Waals surface area contributed by atoms with E-state index >= 15 is 0 Å². The zero-order chi connectivity index (χ0) is 11.7. The van der Waals surface area contributed by atoms with Crippen molar-refractivity contribution in [3.05, 3.63) is 53.3 Å². The van der Waals surface area contributed by atoms with Crippen LogP contribution < -0.4 is 0 Å². The van der Waals surface area contributed by atoms with Gasteiger partial charge in [-0.1, -0.05) is 23.7 Å². The zero-order valence-corrected chi connectivity index (χ0v) is 10.7. The molecule has 1 aromatic heterocycles. The van der Waals surface area contributed by atoms with E-state index in [1.54, 1.807) is 0 Å². The Morgan fingerprint density at radius 2 is 2.18 bits per heavy atom. The topological polar surface area (TPSA) is 14.2 Å². The first kappa shape index (κ1) is 11.2. The Morgan fingerprint density at radius 3 is 2.94 bits per heavy atom. The molecule has 88 valence electrons. The van der Waals surface area contributed by atoms with Crippen molar-refractivity contribution in [2.45, 2.75) is 5.44 Å². The number of halogens is 1. The third-order valence-electron chi connectivity index (χ3n) is 2.74. The largest absolute Gasteiger partial charge is 0.362 e. The van der Waals surface area contributed by atoms with Gasteiger partial charge >= 0.3 is 0 Å². The summed E-state index contributed by atoms with van der Waals surface area (Å²) >= 11 is 8.01. The fraction of sp³-hybridized carbons (Fsp3) is 0.231. The van der Waals surface area contributed by atoms with Gasteiger partial charge < -0.3 is 9.30 Å². The lowest BCUT2D eigenvalue weighted by atomic mass is 10.3. The van der Waals surface area contributed by atoms with Crippen LogP contribution in [0.4, 0.5) is 0 Å². The fourth-order valence-corrected chi connectivity index (χ4v) is 3.08. The first-order valence-corrected chi connectivity index (χ1v) is 6.93. The van der Waals surface area contributed by atoms with E-state index in [2.05, 4.69) is 12.3 Å². The van der Waals surface area contributed by atoms with Crippen LogP contribution in [0.1, 0.15) is 11.0 Å². The number of benzene rings is 1. The summed E-state index contributed by atoms with van der Waals surface area (Å²) in [6.45, 7) is 0.840. The van der Waals surface area contributed by atoms with Gasteiger partial charge in [-0.05, 0) is 18.2 Å². The number of ether oxygens (including phenoxy) is 1. The van der Waals surface area contributed by atoms with Crippen molar-refractivity contribution in [1.82, 2.24) is 4.57 Å². The molecule has 3 rings (SSSR count). The molecule has 1 atom stereocenters. The van der Waals surface area contributed by atoms with Crippen LogP contribution in [0.3, 0.4) is 0 Å². The van der Waals surface area contributed by atoms with E-state index in [0.717, 1.165) is 23.1 Å². The normalized spacial score (nSPS) is 19.7. The summed E-state index contributed by atoms with van der Waals surface area (Å²) in [5, 5.41) is 0.759. The second kappa shape index (κ2) is 4.77. The van der Waals surface area contributed by atoms with Gasteiger partial charge in [-0.15, -0.1) is 11.8 Å². The first-order valence-electron chi connectivity index (χ1n) is 5.50. The van der Waals surface area contributed by atoms with Crippen LogP contribution in [0.2, 0.25) is 5.02 Å². The van der Waals surface area contributed by atoms with E-state index in [1.165, 1.54) is 5.56 Å². The van der Waals surface area contributed by atoms with E-state index in [9.17, 15) is 0 Å². The molecule has 17 heavy (non-hydrogen) atoms. The summed E-state index contributed by atoms with van der Waals surface area (Å²) in [5.41, 5.74) is 2.38. The monoisotopic (exact) mass is 265 g/mol. The number of para-hydroxylation sites is 1. The SMILES string of the molecule is Clc1ccccc1-n1ccc(C2OCCS2)c1. The Bertz CT molecular complexity index is 520. The maximum absolute atomic E-state index is 6.17. The summed E-state index contributed by atoms with van der Waals surface area (Å²) < 4.78 is 7.68. The van der Waals surface area contributed by atoms with E-state index < -0.39 is 0 Å². The van der Waals surface area contributed by atoms with Crippen molar-refractivity contribution in [3.63, 3.8) is 0 Å². The molecule has 1 fully saturated rings. The van der Waals surface area contributed by atoms with Crippen molar-refractivity contribution in [3.8, 4) is 5.69 Å². The van der Waals surface area contributed by atoms with Crippen LogP contribution in [-0.4, -0.2) is 16.9 Å². The highest BCUT2D eigenvalue weighted by molar-refractivity contribution is 7.99. The Kier molecular flexibility index (Phi) is 3.14. The van der Waals surface area contributed by atoms with Gasteiger partial charge in [0.05, 0.1) is 17.3 Å². The number of hydrogen-bond donors (Lipinski definition) is 0. The summed E-state index contributed by atoms with van der Waals surface area (Å²) in [7, 11) is 0. The van der Waals surface area contributed by atoms with Gasteiger partial charge in [-0.25, -0.2) is 0 Å². The third kappa shape index (κ3) is 2.23. The Balaban J connectivity index is 1.92. The lowest BCUT2D eigenvalue weighted by molar-refractivity contribution is 0.145. The van der Waals surface area contributed by atoms with Gasteiger partial charge in [0.15, 0.2) is 0 Å². The highest BCUT2D eigenvalue weighted by atomic mass is 35.5. The molecule has 4 heteroatoms. The molecule has 0 aliphatic carbocycles. The van der Waals surface area contributed by atoms with Crippen LogP contribution >= 0.6 is 23.4 Å². The average molecular weight is 266 g/mol. The maximum atomic E-state index is 6.17. The van der Waals surface area contributed by atoms with Crippen molar-refractivity contribution < 1.29 is 4.74 Å². The minimum absolute atomic E-state index is 0.179. The van der Waals surface area contributed by atoms with E-state index in [-0.39, 0.29) is 5.44 Å². The molecule has 0 saturated carbocycles. The quantitative estimate of drug-likeness (QED) is 0.818. The van der Waals surface area contributed by atoms with E-state index in [1.807, 2.05) is 46.8 Å². The van der Waals surface area contributed by atoms with Crippen LogP contribution in [0.15, 0.2) is 42.7 Å². The standard InChI is InChI=1S/C13H12ClNOS/c14-11-3-1-2-4-12(11)15-6-5-10(9-15)13-16-7-8-17-13/h1-6,9,13H,7-8H2. The molecule has 0 bridgehead atoms. The van der Waals surface area contributed by atoms with Crippen molar-refractivity contribution in [1.29, 1.82) is 0 Å². The lowest BCUT2D eigenvalue weighted by Crippen LogP contribution is -1.93. The minimum Gasteiger partial charge on any atom is -0.362 e. The van der Waals surface area contributed by atoms with E-state index in [0.29, 0.717) is 0 Å². The predicted octanol–water partition coefficient (Wildman–Crippen LogP) is 3.89. The molecule has 2 nitrogen and oxygen atoms in total. The van der Waals surface area contributed by atoms with Crippen LogP contribution in [0.25, 0.3) is 5.69 Å². The highest BCUT2D eigenvalue weighted by Crippen LogP contribution is 2.35. The van der Waals surface area contributed by atoms with E-state index in [4.69, 9.17) is 16.3 Å². The minimum atomic E-state index is 0.179. The van der Waals surface area contributed by atoms with Gasteiger partial charge in [-0.3, -0.25) is 0 Å². The van der Waals surface area contributed by atoms with Crippen LogP contribution in [-0.2, 0) is 4.74 Å². The number of thioether (sulfide) groups is 1. The molecule has 2 heterocycles. The van der Waals surface area contributed by atoms with Gasteiger partial charge in [-0.2, -0.15) is 0 Å². The highest BCUT2D eigenvalue weighted by Gasteiger charge is 2.19. The Morgan fingerprint density at radius 1 is 1.29 bits per heavy atom. The zero-order valence-electron chi connectivity index (χ0n) is 9.17. The Hall–Kier alpha value is -0.900. The molecule has 0 amide bonds. The molecular formula is C13H12ClNOS. The second-order valence-electron chi connectivity index (χ2n) is 3.88. The molecule has 0 spiro atoms. The van der Waals surface area contributed by atoms with Gasteiger partial charge in [0.1, 0.15) is 5.44 Å². The molecule has 1 saturated heterocycles. The molecule has 2 aromatic rings. The number of hydrogen-bond acceptors (Lipinski definition) is 2. The average Bonchev–Trinajstić information content (AvgIpc) is 3.00. The third-order valence-corrected chi connectivity index (χ3v) is 4.17. The smallest absolute Gasteiger partial charge is 0.130 e. The maximum Gasteiger partial charge on any atom is 0.130 e. The lowest BCUT2D eigenvalue weighted by Gasteiger charge is -2.07. The van der Waals surface area contributed by atoms with Crippen LogP contribution in [0, 0.1) is 0 Å². The molecule has 0 radical (unpaired) electrons. The Labute approximate surface area is 110 Å². The molecule has 0 N–H and O–H groups in total. The molecule has 1 unspecified atom stereocenters. The number of aromatic nitrogens is 1. The molecule has 1 aliphatic rings. The number of rotatable bonds is 2. The molecular weight excluding hydrogens is 254 g/mol. The van der Waals surface area contributed by atoms with Gasteiger partial charge in [0.2, 0.25) is 0 Å². The predicted molar refractivity (Wildman–Crippen MR) is 71.9 cm³/mol.